The minimum atomic E-state index is 0.0234. The lowest BCUT2D eigenvalue weighted by atomic mass is 10.2. The molecule has 3 heterocycles. The summed E-state index contributed by atoms with van der Waals surface area (Å²) in [7, 11) is 0. The SMILES string of the molecule is C=CCN1CCN(C(=O)c2ccc[nH]2)Cc2cccnc21. The summed E-state index contributed by atoms with van der Waals surface area (Å²) in [5.74, 6) is 0.967. The number of nitrogens with zero attached hydrogens (tertiary/aromatic N) is 3. The molecule has 5 nitrogen and oxygen atoms in total. The van der Waals surface area contributed by atoms with Gasteiger partial charge < -0.3 is 14.8 Å². The fraction of sp³-hybridized carbons (Fsp3) is 0.250. The van der Waals surface area contributed by atoms with Gasteiger partial charge in [0, 0.05) is 44.1 Å². The van der Waals surface area contributed by atoms with Gasteiger partial charge in [0.05, 0.1) is 0 Å². The van der Waals surface area contributed by atoms with Crippen molar-refractivity contribution < 1.29 is 4.79 Å². The molecule has 0 saturated carbocycles. The van der Waals surface area contributed by atoms with Crippen LogP contribution in [0.4, 0.5) is 5.82 Å². The standard InChI is InChI=1S/C16H18N4O/c1-2-9-19-10-11-20(16(21)14-6-4-7-17-14)12-13-5-3-8-18-15(13)19/h2-8,17H,1,9-12H2. The van der Waals surface area contributed by atoms with E-state index in [4.69, 9.17) is 0 Å². The molecule has 0 spiro atoms. The first-order valence-corrected chi connectivity index (χ1v) is 7.02. The van der Waals surface area contributed by atoms with Gasteiger partial charge in [0.15, 0.2) is 0 Å². The van der Waals surface area contributed by atoms with Crippen molar-refractivity contribution in [3.05, 3.63) is 60.6 Å². The lowest BCUT2D eigenvalue weighted by Gasteiger charge is -2.22. The Kier molecular flexibility index (Phi) is 3.73. The highest BCUT2D eigenvalue weighted by Crippen LogP contribution is 2.23. The van der Waals surface area contributed by atoms with Crippen molar-refractivity contribution >= 4 is 11.7 Å². The summed E-state index contributed by atoms with van der Waals surface area (Å²) in [5, 5.41) is 0. The number of carbonyl (C=O) groups excluding carboxylic acids is 1. The Morgan fingerprint density at radius 2 is 2.29 bits per heavy atom. The monoisotopic (exact) mass is 282 g/mol. The van der Waals surface area contributed by atoms with E-state index in [1.807, 2.05) is 29.2 Å². The van der Waals surface area contributed by atoms with Crippen LogP contribution in [-0.4, -0.2) is 40.4 Å². The van der Waals surface area contributed by atoms with Crippen LogP contribution in [0.15, 0.2) is 49.3 Å². The number of rotatable bonds is 3. The molecule has 1 amide bonds. The van der Waals surface area contributed by atoms with Crippen LogP contribution < -0.4 is 4.90 Å². The summed E-state index contributed by atoms with van der Waals surface area (Å²) < 4.78 is 0. The quantitative estimate of drug-likeness (QED) is 0.877. The molecule has 0 fully saturated rings. The largest absolute Gasteiger partial charge is 0.357 e. The molecule has 0 aliphatic carbocycles. The lowest BCUT2D eigenvalue weighted by molar-refractivity contribution is 0.0746. The van der Waals surface area contributed by atoms with E-state index >= 15 is 0 Å². The number of aromatic nitrogens is 2. The topological polar surface area (TPSA) is 52.2 Å². The van der Waals surface area contributed by atoms with E-state index in [9.17, 15) is 4.79 Å². The fourth-order valence-electron chi connectivity index (χ4n) is 2.61. The summed E-state index contributed by atoms with van der Waals surface area (Å²) in [6.45, 7) is 6.53. The van der Waals surface area contributed by atoms with E-state index in [0.29, 0.717) is 18.8 Å². The van der Waals surface area contributed by atoms with Gasteiger partial charge in [-0.2, -0.15) is 0 Å². The first-order chi connectivity index (χ1) is 10.3. The Bertz CT molecular complexity index is 635. The number of hydrogen-bond donors (Lipinski definition) is 1. The molecule has 1 aliphatic heterocycles. The van der Waals surface area contributed by atoms with Gasteiger partial charge in [-0.3, -0.25) is 4.79 Å². The van der Waals surface area contributed by atoms with Crippen molar-refractivity contribution in [2.24, 2.45) is 0 Å². The van der Waals surface area contributed by atoms with Crippen LogP contribution >= 0.6 is 0 Å². The van der Waals surface area contributed by atoms with E-state index in [0.717, 1.165) is 24.5 Å². The van der Waals surface area contributed by atoms with Crippen molar-refractivity contribution in [2.75, 3.05) is 24.5 Å². The third kappa shape index (κ3) is 2.67. The number of H-pyrrole nitrogens is 1. The first kappa shape index (κ1) is 13.4. The van der Waals surface area contributed by atoms with Crippen LogP contribution in [0.1, 0.15) is 16.1 Å². The molecule has 5 heteroatoms. The maximum Gasteiger partial charge on any atom is 0.270 e. The van der Waals surface area contributed by atoms with E-state index in [2.05, 4.69) is 21.4 Å². The van der Waals surface area contributed by atoms with Crippen LogP contribution in [0.25, 0.3) is 0 Å². The Balaban J connectivity index is 1.89. The molecule has 108 valence electrons. The van der Waals surface area contributed by atoms with Gasteiger partial charge in [0.2, 0.25) is 0 Å². The number of carbonyl (C=O) groups is 1. The van der Waals surface area contributed by atoms with Crippen LogP contribution in [0.2, 0.25) is 0 Å². The Hall–Kier alpha value is -2.56. The molecule has 3 rings (SSSR count). The normalized spacial score (nSPS) is 14.5. The molecule has 1 N–H and O–H groups in total. The number of aromatic amines is 1. The molecule has 0 saturated heterocycles. The second-order valence-electron chi connectivity index (χ2n) is 5.03. The molecule has 0 aromatic carbocycles. The first-order valence-electron chi connectivity index (χ1n) is 7.02. The summed E-state index contributed by atoms with van der Waals surface area (Å²) in [5.41, 5.74) is 1.69. The number of nitrogens with one attached hydrogen (secondary N) is 1. The number of fused-ring (bicyclic) bond motifs is 1. The third-order valence-electron chi connectivity index (χ3n) is 3.63. The van der Waals surface area contributed by atoms with E-state index < -0.39 is 0 Å². The predicted molar refractivity (Wildman–Crippen MR) is 82.2 cm³/mol. The minimum Gasteiger partial charge on any atom is -0.357 e. The summed E-state index contributed by atoms with van der Waals surface area (Å²) in [6, 6.07) is 7.58. The average molecular weight is 282 g/mol. The average Bonchev–Trinajstić information content (AvgIpc) is 2.98. The number of amides is 1. The zero-order valence-electron chi connectivity index (χ0n) is 11.8. The predicted octanol–water partition coefficient (Wildman–Crippen LogP) is 2.06. The molecule has 1 aliphatic rings. The number of anilines is 1. The van der Waals surface area contributed by atoms with Gasteiger partial charge in [-0.05, 0) is 18.2 Å². The molecule has 21 heavy (non-hydrogen) atoms. The molecule has 2 aromatic heterocycles. The van der Waals surface area contributed by atoms with Gasteiger partial charge in [-0.15, -0.1) is 6.58 Å². The van der Waals surface area contributed by atoms with Crippen molar-refractivity contribution in [2.45, 2.75) is 6.54 Å². The molecular weight excluding hydrogens is 264 g/mol. The van der Waals surface area contributed by atoms with Crippen molar-refractivity contribution in [3.8, 4) is 0 Å². The maximum atomic E-state index is 12.5. The van der Waals surface area contributed by atoms with Gasteiger partial charge in [0.1, 0.15) is 11.5 Å². The summed E-state index contributed by atoms with van der Waals surface area (Å²) in [6.07, 6.45) is 5.42. The Morgan fingerprint density at radius 1 is 1.38 bits per heavy atom. The number of hydrogen-bond acceptors (Lipinski definition) is 3. The summed E-state index contributed by atoms with van der Waals surface area (Å²) >= 11 is 0. The highest BCUT2D eigenvalue weighted by molar-refractivity contribution is 5.92. The second-order valence-corrected chi connectivity index (χ2v) is 5.03. The maximum absolute atomic E-state index is 12.5. The molecule has 2 aromatic rings. The highest BCUT2D eigenvalue weighted by Gasteiger charge is 2.24. The van der Waals surface area contributed by atoms with Crippen molar-refractivity contribution in [3.63, 3.8) is 0 Å². The summed E-state index contributed by atoms with van der Waals surface area (Å²) in [4.78, 5) is 24.0. The van der Waals surface area contributed by atoms with Crippen LogP contribution in [0.5, 0.6) is 0 Å². The minimum absolute atomic E-state index is 0.0234. The zero-order valence-corrected chi connectivity index (χ0v) is 11.8. The van der Waals surface area contributed by atoms with Gasteiger partial charge in [0.25, 0.3) is 5.91 Å². The van der Waals surface area contributed by atoms with Crippen LogP contribution in [-0.2, 0) is 6.54 Å². The molecule has 0 bridgehead atoms. The molecule has 0 unspecified atom stereocenters. The Morgan fingerprint density at radius 3 is 3.05 bits per heavy atom. The molecule has 0 radical (unpaired) electrons. The van der Waals surface area contributed by atoms with Gasteiger partial charge in [-0.25, -0.2) is 4.98 Å². The van der Waals surface area contributed by atoms with Crippen molar-refractivity contribution in [1.29, 1.82) is 0 Å². The van der Waals surface area contributed by atoms with E-state index in [-0.39, 0.29) is 5.91 Å². The van der Waals surface area contributed by atoms with E-state index in [1.54, 1.807) is 18.5 Å². The smallest absolute Gasteiger partial charge is 0.270 e. The number of pyridine rings is 1. The van der Waals surface area contributed by atoms with Gasteiger partial charge >= 0.3 is 0 Å². The third-order valence-corrected chi connectivity index (χ3v) is 3.63. The highest BCUT2D eigenvalue weighted by atomic mass is 16.2. The fourth-order valence-corrected chi connectivity index (χ4v) is 2.61. The van der Waals surface area contributed by atoms with Crippen molar-refractivity contribution in [1.82, 2.24) is 14.9 Å². The zero-order chi connectivity index (χ0) is 14.7. The van der Waals surface area contributed by atoms with Gasteiger partial charge in [-0.1, -0.05) is 12.1 Å². The molecule has 0 atom stereocenters. The van der Waals surface area contributed by atoms with Crippen LogP contribution in [0, 0.1) is 0 Å². The lowest BCUT2D eigenvalue weighted by Crippen LogP contribution is -2.35. The molecular formula is C16H18N4O. The second kappa shape index (κ2) is 5.83. The van der Waals surface area contributed by atoms with E-state index in [1.165, 1.54) is 0 Å². The van der Waals surface area contributed by atoms with Crippen LogP contribution in [0.3, 0.4) is 0 Å². The Labute approximate surface area is 123 Å².